The van der Waals surface area contributed by atoms with E-state index in [4.69, 9.17) is 0 Å². The summed E-state index contributed by atoms with van der Waals surface area (Å²) in [5.74, 6) is 0. The van der Waals surface area contributed by atoms with Gasteiger partial charge in [-0.3, -0.25) is 0 Å². The lowest BCUT2D eigenvalue weighted by atomic mass is 9.30. The van der Waals surface area contributed by atoms with Crippen molar-refractivity contribution in [2.24, 2.45) is 0 Å². The second kappa shape index (κ2) is 28.1. The Morgan fingerprint density at radius 3 is 0.783 bits per heavy atom. The van der Waals surface area contributed by atoms with E-state index in [1.54, 1.807) is 0 Å². The maximum atomic E-state index is 2.72. The highest BCUT2D eigenvalue weighted by molar-refractivity contribution is 7.03. The monoisotopic (exact) mass is 1520 g/mol. The summed E-state index contributed by atoms with van der Waals surface area (Å²) in [6, 6.07) is 168. The smallest absolute Gasteiger partial charge is 0.252 e. The van der Waals surface area contributed by atoms with Crippen LogP contribution in [0.4, 0.5) is 102 Å². The maximum absolute atomic E-state index is 2.72. The molecule has 8 heteroatoms. The lowest BCUT2D eigenvalue weighted by molar-refractivity contribution is 1.22. The molecule has 0 atom stereocenters. The van der Waals surface area contributed by atoms with E-state index in [2.05, 4.69) is 478 Å². The molecule has 4 aliphatic rings. The standard InChI is InChI=1S/C112H74B2N6/c1-9-37-75(38-10-1)107-87-53-25-27-55-89(87)109(90-56-28-26-54-88(90)107)77-65-67-84(68-66-77)118-100-64-36-34-62-96(100)113-97-73-98-102(74-101(97)119(83-51-23-8-24-52-83)105-71-85(69-103(118)110(105)113)115(78-41-13-3-14-42-78)79-43-15-4-16-44-79)120(112-93-59-31-29-57-91(93)108(76-39-11-2-12-40-76)92-58-30-32-60-94(92)112)106-72-86(116(80-45-17-5-18-46-80)81-47-19-6-20-48-81)70-104-111(106)114(98)95-61-33-35-63-99(95)117(104)82-49-21-7-22-50-82/h1-74H. The van der Waals surface area contributed by atoms with Gasteiger partial charge in [-0.25, -0.2) is 0 Å². The van der Waals surface area contributed by atoms with Gasteiger partial charge in [0.05, 0.1) is 17.1 Å². The fraction of sp³-hybridized carbons (Fsp3) is 0. The number of anilines is 18. The van der Waals surface area contributed by atoms with Crippen LogP contribution in [-0.4, -0.2) is 13.4 Å². The van der Waals surface area contributed by atoms with Gasteiger partial charge in [-0.15, -0.1) is 0 Å². The Bertz CT molecular complexity index is 7240. The first-order valence-corrected chi connectivity index (χ1v) is 41.5. The minimum absolute atomic E-state index is 0.267. The van der Waals surface area contributed by atoms with Crippen molar-refractivity contribution in [3.63, 3.8) is 0 Å². The first kappa shape index (κ1) is 68.7. The molecule has 4 heterocycles. The SMILES string of the molecule is c1ccc(-c2c3ccccc3c(-c3ccc(N4c5ccccc5B5c6cc7c(cc6N(c6ccccc6)c6cc(N(c8ccccc8)c8ccccc8)cc4c65)N(c4c5ccccc5c(-c5ccccc5)c5ccccc45)c4cc(N(c5ccccc5)c5ccccc5)cc5c4B7c4ccccc4N5c4ccccc4)cc3)c3ccccc23)cc1. The molecular formula is C112H74B2N6. The lowest BCUT2D eigenvalue weighted by Gasteiger charge is -2.48. The van der Waals surface area contributed by atoms with Crippen LogP contribution in [0.5, 0.6) is 0 Å². The molecule has 0 bridgehead atoms. The van der Waals surface area contributed by atoms with Crippen LogP contribution in [0, 0.1) is 0 Å². The van der Waals surface area contributed by atoms with E-state index in [1.807, 2.05) is 0 Å². The van der Waals surface area contributed by atoms with Crippen LogP contribution in [-0.2, 0) is 0 Å². The zero-order valence-corrected chi connectivity index (χ0v) is 65.6. The van der Waals surface area contributed by atoms with Crippen molar-refractivity contribution in [3.05, 3.63) is 449 Å². The summed E-state index contributed by atoms with van der Waals surface area (Å²) in [5.41, 5.74) is 34.0. The molecule has 558 valence electrons. The number of hydrogen-bond acceptors (Lipinski definition) is 6. The molecule has 0 saturated heterocycles. The van der Waals surface area contributed by atoms with Gasteiger partial charge >= 0.3 is 0 Å². The van der Waals surface area contributed by atoms with E-state index >= 15 is 0 Å². The Morgan fingerprint density at radius 2 is 0.425 bits per heavy atom. The third-order valence-electron chi connectivity index (χ3n) is 25.2. The second-order valence-electron chi connectivity index (χ2n) is 31.7. The normalized spacial score (nSPS) is 12.7. The highest BCUT2D eigenvalue weighted by Crippen LogP contribution is 2.56. The number of fused-ring (bicyclic) bond motifs is 12. The van der Waals surface area contributed by atoms with Gasteiger partial charge in [-0.05, 0) is 226 Å². The van der Waals surface area contributed by atoms with E-state index < -0.39 is 0 Å². The van der Waals surface area contributed by atoms with E-state index in [-0.39, 0.29) is 13.4 Å². The summed E-state index contributed by atoms with van der Waals surface area (Å²) in [7, 11) is 0. The summed E-state index contributed by atoms with van der Waals surface area (Å²) < 4.78 is 0. The van der Waals surface area contributed by atoms with Gasteiger partial charge in [0.25, 0.3) is 13.4 Å². The Labute approximate surface area is 698 Å². The van der Waals surface area contributed by atoms with Gasteiger partial charge < -0.3 is 29.4 Å². The van der Waals surface area contributed by atoms with Crippen molar-refractivity contribution < 1.29 is 0 Å². The maximum Gasteiger partial charge on any atom is 0.252 e. The molecule has 0 fully saturated rings. The Hall–Kier alpha value is -15.6. The molecule has 0 unspecified atom stereocenters. The molecule has 0 N–H and O–H groups in total. The van der Waals surface area contributed by atoms with Crippen molar-refractivity contribution in [2.75, 3.05) is 29.4 Å². The number of para-hydroxylation sites is 8. The number of benzene rings is 20. The summed E-state index contributed by atoms with van der Waals surface area (Å²) in [4.78, 5) is 15.4. The largest absolute Gasteiger partial charge is 0.311 e. The van der Waals surface area contributed by atoms with Crippen LogP contribution >= 0.6 is 0 Å². The molecule has 0 radical (unpaired) electrons. The molecule has 0 aliphatic carbocycles. The Kier molecular flexibility index (Phi) is 16.1. The fourth-order valence-corrected chi connectivity index (χ4v) is 20.4. The third-order valence-corrected chi connectivity index (χ3v) is 25.2. The van der Waals surface area contributed by atoms with Crippen LogP contribution in [0.3, 0.4) is 0 Å². The lowest BCUT2D eigenvalue weighted by Crippen LogP contribution is -2.65. The number of nitrogens with zero attached hydrogens (tertiary/aromatic N) is 6. The van der Waals surface area contributed by atoms with Gasteiger partial charge in [0.1, 0.15) is 0 Å². The van der Waals surface area contributed by atoms with Gasteiger partial charge in [0.2, 0.25) is 0 Å². The van der Waals surface area contributed by atoms with E-state index in [0.717, 1.165) is 119 Å². The average Bonchev–Trinajstić information content (AvgIpc) is 0.677. The van der Waals surface area contributed by atoms with Crippen LogP contribution in [0.25, 0.3) is 76.5 Å². The summed E-state index contributed by atoms with van der Waals surface area (Å²) in [6.07, 6.45) is 0. The van der Waals surface area contributed by atoms with Crippen molar-refractivity contribution in [1.82, 2.24) is 0 Å². The van der Waals surface area contributed by atoms with Crippen LogP contribution in [0.1, 0.15) is 0 Å². The molecule has 0 aromatic heterocycles. The van der Waals surface area contributed by atoms with Crippen molar-refractivity contribution in [1.29, 1.82) is 0 Å². The van der Waals surface area contributed by atoms with Crippen LogP contribution in [0.2, 0.25) is 0 Å². The molecule has 24 rings (SSSR count). The molecule has 0 spiro atoms. The summed E-state index contributed by atoms with van der Waals surface area (Å²) in [5, 5.41) is 9.55. The molecule has 20 aromatic rings. The minimum Gasteiger partial charge on any atom is -0.311 e. The molecule has 4 aliphatic heterocycles. The molecule has 0 saturated carbocycles. The molecule has 20 aromatic carbocycles. The zero-order chi connectivity index (χ0) is 78.9. The van der Waals surface area contributed by atoms with Crippen LogP contribution in [0.15, 0.2) is 449 Å². The topological polar surface area (TPSA) is 19.4 Å². The van der Waals surface area contributed by atoms with E-state index in [0.29, 0.717) is 0 Å². The van der Waals surface area contributed by atoms with Crippen LogP contribution < -0.4 is 62.2 Å². The summed E-state index contributed by atoms with van der Waals surface area (Å²) in [6.45, 7) is -0.539. The third kappa shape index (κ3) is 10.8. The number of rotatable bonds is 13. The van der Waals surface area contributed by atoms with Gasteiger partial charge in [-0.2, -0.15) is 0 Å². The average molecular weight is 1530 g/mol. The van der Waals surface area contributed by atoms with E-state index in [9.17, 15) is 0 Å². The Morgan fingerprint density at radius 1 is 0.167 bits per heavy atom. The van der Waals surface area contributed by atoms with Gasteiger partial charge in [-0.1, -0.05) is 322 Å². The highest BCUT2D eigenvalue weighted by Gasteiger charge is 2.50. The predicted octanol–water partition coefficient (Wildman–Crippen LogP) is 26.4. The summed E-state index contributed by atoms with van der Waals surface area (Å²) >= 11 is 0. The van der Waals surface area contributed by atoms with E-state index in [1.165, 1.54) is 92.9 Å². The molecule has 120 heavy (non-hydrogen) atoms. The molecule has 6 nitrogen and oxygen atoms in total. The van der Waals surface area contributed by atoms with Crippen molar-refractivity contribution >= 4 is 192 Å². The van der Waals surface area contributed by atoms with Gasteiger partial charge in [0, 0.05) is 96.1 Å². The fourth-order valence-electron chi connectivity index (χ4n) is 20.4. The van der Waals surface area contributed by atoms with Gasteiger partial charge in [0.15, 0.2) is 0 Å². The second-order valence-corrected chi connectivity index (χ2v) is 31.7. The predicted molar refractivity (Wildman–Crippen MR) is 510 cm³/mol. The molecule has 0 amide bonds. The quantitative estimate of drug-likeness (QED) is 0.0840. The van der Waals surface area contributed by atoms with Crippen molar-refractivity contribution in [3.8, 4) is 33.4 Å². The highest BCUT2D eigenvalue weighted by atomic mass is 15.2. The minimum atomic E-state index is -0.271. The zero-order valence-electron chi connectivity index (χ0n) is 65.6. The first-order valence-electron chi connectivity index (χ1n) is 41.5. The Balaban J connectivity index is 0.813. The number of hydrogen-bond donors (Lipinski definition) is 0. The van der Waals surface area contributed by atoms with Crippen molar-refractivity contribution in [2.45, 2.75) is 0 Å². The first-order chi connectivity index (χ1) is 59.6. The molecular weight excluding hydrogens is 1450 g/mol.